The van der Waals surface area contributed by atoms with E-state index in [1.807, 2.05) is 0 Å². The zero-order valence-electron chi connectivity index (χ0n) is 24.1. The van der Waals surface area contributed by atoms with Gasteiger partial charge in [0.1, 0.15) is 18.1 Å². The van der Waals surface area contributed by atoms with Crippen LogP contribution in [0.3, 0.4) is 0 Å². The second-order valence-electron chi connectivity index (χ2n) is 11.0. The Bertz CT molecular complexity index is 1170. The molecule has 5 rings (SSSR count). The van der Waals surface area contributed by atoms with E-state index in [0.29, 0.717) is 31.0 Å². The van der Waals surface area contributed by atoms with Gasteiger partial charge in [0.15, 0.2) is 5.82 Å². The molecule has 0 radical (unpaired) electrons. The molecule has 1 aliphatic heterocycles. The van der Waals surface area contributed by atoms with Gasteiger partial charge >= 0.3 is 0 Å². The van der Waals surface area contributed by atoms with Crippen LogP contribution < -0.4 is 14.4 Å². The molecule has 2 aliphatic rings. The van der Waals surface area contributed by atoms with Crippen LogP contribution in [0.5, 0.6) is 11.5 Å². The second-order valence-corrected chi connectivity index (χ2v) is 11.0. The SMILES string of the molecule is CC[C@H](C[C@@H]1CC[C@H](OCc2ccc3c(c2)N(CCCOC)CCO3)[C@@H](c2ccc(OC)cc2)C1)c1nn[nH]n1. The highest BCUT2D eigenvalue weighted by atomic mass is 16.5. The van der Waals surface area contributed by atoms with Crippen LogP contribution in [0.1, 0.15) is 74.2 Å². The van der Waals surface area contributed by atoms with E-state index >= 15 is 0 Å². The van der Waals surface area contributed by atoms with E-state index in [9.17, 15) is 0 Å². The fraction of sp³-hybridized carbons (Fsp3) is 0.581. The lowest BCUT2D eigenvalue weighted by Crippen LogP contribution is -2.34. The molecule has 1 fully saturated rings. The van der Waals surface area contributed by atoms with Gasteiger partial charge in [-0.3, -0.25) is 0 Å². The minimum absolute atomic E-state index is 0.153. The fourth-order valence-electron chi connectivity index (χ4n) is 6.29. The van der Waals surface area contributed by atoms with E-state index in [2.05, 4.69) is 74.9 Å². The number of aromatic nitrogens is 4. The van der Waals surface area contributed by atoms with Crippen LogP contribution in [-0.4, -0.2) is 67.3 Å². The topological polar surface area (TPSA) is 94.6 Å². The summed E-state index contributed by atoms with van der Waals surface area (Å²) in [5.74, 6) is 3.88. The number of rotatable bonds is 13. The van der Waals surface area contributed by atoms with Crippen molar-refractivity contribution in [3.8, 4) is 11.5 Å². The number of fused-ring (bicyclic) bond motifs is 1. The Kier molecular flexibility index (Phi) is 9.89. The molecular weight excluding hydrogens is 506 g/mol. The van der Waals surface area contributed by atoms with Crippen molar-refractivity contribution in [2.45, 2.75) is 70.0 Å². The summed E-state index contributed by atoms with van der Waals surface area (Å²) in [4.78, 5) is 2.40. The Morgan fingerprint density at radius 2 is 2.00 bits per heavy atom. The number of hydrogen-bond donors (Lipinski definition) is 1. The molecule has 4 atom stereocenters. The molecule has 216 valence electrons. The van der Waals surface area contributed by atoms with E-state index < -0.39 is 0 Å². The number of tetrazole rings is 1. The van der Waals surface area contributed by atoms with E-state index in [-0.39, 0.29) is 6.10 Å². The number of nitrogens with zero attached hydrogens (tertiary/aromatic N) is 4. The molecule has 40 heavy (non-hydrogen) atoms. The Balaban J connectivity index is 1.28. The molecule has 0 unspecified atom stereocenters. The quantitative estimate of drug-likeness (QED) is 0.280. The van der Waals surface area contributed by atoms with Crippen LogP contribution in [0.4, 0.5) is 5.69 Å². The standard InChI is InChI=1S/C31H43N5O4/c1-4-24(31-32-34-35-33-31)18-22-6-12-29(27(19-22)25-8-10-26(38-3)11-9-25)40-21-23-7-13-30-28(20-23)36(15-17-39-30)14-5-16-37-2/h7-11,13,20,22,24,27,29H,4-6,12,14-19,21H2,1-3H3,(H,32,33,34,35)/t22-,24+,27+,29-/m0/s1. The number of nitrogens with one attached hydrogen (secondary N) is 1. The van der Waals surface area contributed by atoms with Crippen molar-refractivity contribution in [1.29, 1.82) is 0 Å². The zero-order chi connectivity index (χ0) is 27.7. The third-order valence-corrected chi connectivity index (χ3v) is 8.50. The maximum Gasteiger partial charge on any atom is 0.177 e. The molecule has 1 aliphatic carbocycles. The Morgan fingerprint density at radius 3 is 2.75 bits per heavy atom. The molecule has 0 saturated heterocycles. The highest BCUT2D eigenvalue weighted by molar-refractivity contribution is 5.61. The third-order valence-electron chi connectivity index (χ3n) is 8.50. The first-order chi connectivity index (χ1) is 19.7. The van der Waals surface area contributed by atoms with E-state index in [1.165, 1.54) is 11.1 Å². The van der Waals surface area contributed by atoms with Gasteiger partial charge in [-0.2, -0.15) is 5.21 Å². The maximum atomic E-state index is 6.72. The fourth-order valence-corrected chi connectivity index (χ4v) is 6.29. The first kappa shape index (κ1) is 28.4. The third kappa shape index (κ3) is 6.93. The lowest BCUT2D eigenvalue weighted by Gasteiger charge is -2.37. The molecule has 2 aromatic carbocycles. The summed E-state index contributed by atoms with van der Waals surface area (Å²) in [7, 11) is 3.47. The summed E-state index contributed by atoms with van der Waals surface area (Å²) in [5.41, 5.74) is 3.65. The summed E-state index contributed by atoms with van der Waals surface area (Å²) in [6.45, 7) is 6.13. The van der Waals surface area contributed by atoms with Crippen molar-refractivity contribution >= 4 is 5.69 Å². The van der Waals surface area contributed by atoms with Gasteiger partial charge in [0.25, 0.3) is 0 Å². The lowest BCUT2D eigenvalue weighted by molar-refractivity contribution is -0.0101. The van der Waals surface area contributed by atoms with E-state index in [4.69, 9.17) is 18.9 Å². The number of methoxy groups -OCH3 is 2. The van der Waals surface area contributed by atoms with Crippen LogP contribution in [0.25, 0.3) is 0 Å². The summed E-state index contributed by atoms with van der Waals surface area (Å²) in [5, 5.41) is 15.0. The van der Waals surface area contributed by atoms with Crippen LogP contribution in [0.2, 0.25) is 0 Å². The number of anilines is 1. The maximum absolute atomic E-state index is 6.72. The average Bonchev–Trinajstić information content (AvgIpc) is 3.54. The van der Waals surface area contributed by atoms with Crippen LogP contribution in [0, 0.1) is 5.92 Å². The predicted octanol–water partition coefficient (Wildman–Crippen LogP) is 5.50. The largest absolute Gasteiger partial charge is 0.497 e. The molecule has 1 N–H and O–H groups in total. The van der Waals surface area contributed by atoms with Crippen molar-refractivity contribution in [2.75, 3.05) is 45.4 Å². The number of H-pyrrole nitrogens is 1. The first-order valence-corrected chi connectivity index (χ1v) is 14.7. The van der Waals surface area contributed by atoms with Crippen LogP contribution >= 0.6 is 0 Å². The van der Waals surface area contributed by atoms with Gasteiger partial charge in [0, 0.05) is 32.1 Å². The van der Waals surface area contributed by atoms with Gasteiger partial charge in [-0.1, -0.05) is 30.3 Å². The Morgan fingerprint density at radius 1 is 1.12 bits per heavy atom. The van der Waals surface area contributed by atoms with Gasteiger partial charge in [0.05, 0.1) is 32.1 Å². The molecule has 3 aromatic rings. The van der Waals surface area contributed by atoms with Gasteiger partial charge in [0.2, 0.25) is 0 Å². The summed E-state index contributed by atoms with van der Waals surface area (Å²) in [6, 6.07) is 15.0. The normalized spacial score (nSPS) is 21.5. The van der Waals surface area contributed by atoms with Crippen molar-refractivity contribution in [3.63, 3.8) is 0 Å². The molecule has 0 spiro atoms. The van der Waals surface area contributed by atoms with Crippen molar-refractivity contribution in [2.24, 2.45) is 5.92 Å². The minimum Gasteiger partial charge on any atom is -0.497 e. The van der Waals surface area contributed by atoms with Crippen molar-refractivity contribution in [3.05, 3.63) is 59.4 Å². The van der Waals surface area contributed by atoms with Crippen LogP contribution in [0.15, 0.2) is 42.5 Å². The predicted molar refractivity (Wildman–Crippen MR) is 154 cm³/mol. The van der Waals surface area contributed by atoms with Gasteiger partial charge in [-0.15, -0.1) is 10.2 Å². The summed E-state index contributed by atoms with van der Waals surface area (Å²) >= 11 is 0. The average molecular weight is 550 g/mol. The molecule has 9 nitrogen and oxygen atoms in total. The van der Waals surface area contributed by atoms with Crippen molar-refractivity contribution in [1.82, 2.24) is 20.6 Å². The molecule has 9 heteroatoms. The smallest absolute Gasteiger partial charge is 0.177 e. The second kappa shape index (κ2) is 13.9. The minimum atomic E-state index is 0.153. The highest BCUT2D eigenvalue weighted by Crippen LogP contribution is 2.43. The van der Waals surface area contributed by atoms with Gasteiger partial charge in [-0.05, 0) is 79.8 Å². The highest BCUT2D eigenvalue weighted by Gasteiger charge is 2.34. The Hall–Kier alpha value is -3.17. The molecule has 0 bridgehead atoms. The summed E-state index contributed by atoms with van der Waals surface area (Å²) < 4.78 is 23.4. The van der Waals surface area contributed by atoms with E-state index in [1.54, 1.807) is 14.2 Å². The van der Waals surface area contributed by atoms with Crippen LogP contribution in [-0.2, 0) is 16.1 Å². The van der Waals surface area contributed by atoms with Gasteiger partial charge in [-0.25, -0.2) is 0 Å². The number of aromatic amines is 1. The van der Waals surface area contributed by atoms with Gasteiger partial charge < -0.3 is 23.8 Å². The zero-order valence-corrected chi connectivity index (χ0v) is 24.1. The molecule has 1 aromatic heterocycles. The first-order valence-electron chi connectivity index (χ1n) is 14.7. The Labute approximate surface area is 237 Å². The number of hydrogen-bond acceptors (Lipinski definition) is 8. The molecule has 1 saturated carbocycles. The number of ether oxygens (including phenoxy) is 4. The molecule has 2 heterocycles. The number of benzene rings is 2. The lowest BCUT2D eigenvalue weighted by atomic mass is 9.73. The van der Waals surface area contributed by atoms with Crippen molar-refractivity contribution < 1.29 is 18.9 Å². The molecular formula is C31H43N5O4. The molecule has 0 amide bonds. The monoisotopic (exact) mass is 549 g/mol. The summed E-state index contributed by atoms with van der Waals surface area (Å²) in [6.07, 6.45) is 6.47. The van der Waals surface area contributed by atoms with E-state index in [0.717, 1.165) is 81.2 Å².